The molecular formula is C80H52N18O2+4. The molecule has 16 aromatic rings. The topological polar surface area (TPSA) is 200 Å². The largest absolute Gasteiger partial charge is 0.438 e. The fourth-order valence-electron chi connectivity index (χ4n) is 15.1. The van der Waals surface area contributed by atoms with Crippen LogP contribution in [0.5, 0.6) is 0 Å². The summed E-state index contributed by atoms with van der Waals surface area (Å²) >= 11 is 0. The minimum Gasteiger partial charge on any atom is -0.438 e. The summed E-state index contributed by atoms with van der Waals surface area (Å²) in [6, 6.07) is 46.1. The third-order valence-corrected chi connectivity index (χ3v) is 19.7. The predicted octanol–water partition coefficient (Wildman–Crippen LogP) is 15.6. The number of nitriles is 4. The first-order chi connectivity index (χ1) is 48.3. The summed E-state index contributed by atoms with van der Waals surface area (Å²) in [5.74, 6) is 0. The van der Waals surface area contributed by atoms with Crippen LogP contribution in [0.15, 0.2) is 161 Å². The van der Waals surface area contributed by atoms with Gasteiger partial charge in [0, 0.05) is 45.6 Å². The van der Waals surface area contributed by atoms with Crippen LogP contribution in [-0.2, 0) is 26.2 Å². The Hall–Kier alpha value is -14.5. The normalized spacial score (nSPS) is 11.9. The first kappa shape index (κ1) is 60.4. The Morgan fingerprint density at radius 3 is 1.37 bits per heavy atom. The Kier molecular flexibility index (Phi) is 13.6. The molecule has 20 nitrogen and oxygen atoms in total. The van der Waals surface area contributed by atoms with Crippen LogP contribution in [-0.4, -0.2) is 28.7 Å². The summed E-state index contributed by atoms with van der Waals surface area (Å²) in [6.45, 7) is 42.7. The standard InChI is InChI=1S/2C21H10N5O.C19H15N4.C18H13N4.CH4/c1-23-17-6-7-18-16(15(17)9-22)11-25-10-12-4-5-13-14-3-2-8-24-21(14)27-20(13)19(12)26(18)25;1-23-17-4-5-18-16(15(17)9-22)11-25-10-12-7-14-13-3-2-6-24-21(13)27-20(14)8-19(12)26(18)25;1-11-7-12(2)19-15(13(11)3)9-22-10-16-14(8-20)17(21-4)5-6-18(16)23(19)22;1-11-4-5-12(2)18-14(11)9-21-10-15-13(8-19)16(20-3)6-7-17(15)22(18)21;/h2*2-8,11H,10H2;5-7,10H,9H2,1-3H3;4-7,10H,9H2,1-2H3;1H4/q4*+1;. The van der Waals surface area contributed by atoms with Crippen molar-refractivity contribution in [2.45, 2.75) is 68.2 Å². The lowest BCUT2D eigenvalue weighted by Crippen LogP contribution is -2.36. The minimum absolute atomic E-state index is 0. The van der Waals surface area contributed by atoms with Crippen molar-refractivity contribution in [2.75, 3.05) is 0 Å². The second-order valence-corrected chi connectivity index (χ2v) is 25.0. The first-order valence-electron chi connectivity index (χ1n) is 31.5. The molecule has 0 radical (unpaired) electrons. The zero-order valence-electron chi connectivity index (χ0n) is 53.6. The van der Waals surface area contributed by atoms with Gasteiger partial charge in [-0.3, -0.25) is 0 Å². The number of rotatable bonds is 0. The quantitative estimate of drug-likeness (QED) is 0.105. The van der Waals surface area contributed by atoms with Gasteiger partial charge < -0.3 is 8.83 Å². The highest BCUT2D eigenvalue weighted by Crippen LogP contribution is 2.42. The number of nitrogens with zero attached hydrogens (tertiary/aromatic N) is 18. The van der Waals surface area contributed by atoms with Gasteiger partial charge in [0.1, 0.15) is 44.7 Å². The lowest BCUT2D eigenvalue weighted by molar-refractivity contribution is -0.749. The first-order valence-corrected chi connectivity index (χ1v) is 31.5. The molecule has 0 bridgehead atoms. The summed E-state index contributed by atoms with van der Waals surface area (Å²) in [7, 11) is 0. The van der Waals surface area contributed by atoms with Gasteiger partial charge in [-0.2, -0.15) is 21.0 Å². The molecule has 8 aromatic carbocycles. The molecule has 0 aliphatic carbocycles. The molecule has 0 unspecified atom stereocenters. The van der Waals surface area contributed by atoms with E-state index in [1.165, 1.54) is 55.9 Å². The third-order valence-electron chi connectivity index (χ3n) is 19.7. The molecule has 0 fully saturated rings. The van der Waals surface area contributed by atoms with E-state index >= 15 is 0 Å². The van der Waals surface area contributed by atoms with E-state index in [1.54, 1.807) is 36.7 Å². The van der Waals surface area contributed by atoms with Gasteiger partial charge >= 0.3 is 0 Å². The second-order valence-electron chi connectivity index (χ2n) is 25.0. The Labute approximate surface area is 570 Å². The molecule has 0 saturated heterocycles. The Balaban J connectivity index is 0.000000104. The van der Waals surface area contributed by atoms with Crippen molar-refractivity contribution in [3.63, 3.8) is 0 Å². The number of fused-ring (bicyclic) bond motifs is 27. The van der Waals surface area contributed by atoms with E-state index < -0.39 is 0 Å². The maximum Gasteiger partial charge on any atom is 0.227 e. The van der Waals surface area contributed by atoms with Crippen LogP contribution in [0, 0.1) is 106 Å². The molecule has 20 rings (SSSR count). The van der Waals surface area contributed by atoms with Gasteiger partial charge in [-0.25, -0.2) is 29.3 Å². The third kappa shape index (κ3) is 8.56. The van der Waals surface area contributed by atoms with Crippen molar-refractivity contribution < 1.29 is 27.6 Å². The Bertz CT molecular complexity index is 6800. The van der Waals surface area contributed by atoms with E-state index in [-0.39, 0.29) is 7.43 Å². The summed E-state index contributed by atoms with van der Waals surface area (Å²) in [6.07, 6.45) is 11.3. The molecule has 0 amide bonds. The predicted molar refractivity (Wildman–Crippen MR) is 375 cm³/mol. The van der Waals surface area contributed by atoms with E-state index in [0.29, 0.717) is 69.5 Å². The molecule has 8 aromatic heterocycles. The maximum atomic E-state index is 9.56. The SMILES string of the molecule is C.[C-]#[N+]c1ccc2c(c[n+]3n2-c2c(C)cc(C)c(C)c2C3)c1C#N.[C-]#[N+]c1ccc2c(c[n+]3n2-c2c(C)ccc(C)c2C3)c1C#N.[C-]#[N+]c1ccc2c(c[n+]3n2-c2c(ccc4c2oc2ncccc24)C3)c1C#N.[C-]#[N+]c1ccc2c(c[n+]3n2-c2cc4oc5ncccc5c4cc2C3)c1C#N. The fourth-order valence-corrected chi connectivity index (χ4v) is 15.1. The van der Waals surface area contributed by atoms with Crippen molar-refractivity contribution >= 4 is 110 Å². The number of aromatic nitrogens is 10. The van der Waals surface area contributed by atoms with Gasteiger partial charge in [0.15, 0.2) is 37.4 Å². The van der Waals surface area contributed by atoms with Crippen LogP contribution in [0.4, 0.5) is 22.7 Å². The molecule has 470 valence electrons. The molecule has 12 heterocycles. The van der Waals surface area contributed by atoms with Crippen molar-refractivity contribution in [3.8, 4) is 47.0 Å². The zero-order chi connectivity index (χ0) is 68.0. The minimum atomic E-state index is 0. The molecule has 4 aliphatic rings. The monoisotopic (exact) mass is 1300 g/mol. The molecule has 0 atom stereocenters. The maximum absolute atomic E-state index is 9.56. The van der Waals surface area contributed by atoms with Crippen molar-refractivity contribution in [1.82, 2.24) is 28.7 Å². The van der Waals surface area contributed by atoms with E-state index in [1.807, 2.05) is 79.4 Å². The van der Waals surface area contributed by atoms with Crippen LogP contribution in [0.1, 0.15) is 79.8 Å². The van der Waals surface area contributed by atoms with Gasteiger partial charge in [-0.1, -0.05) is 49.9 Å². The Morgan fingerprint density at radius 2 is 0.850 bits per heavy atom. The van der Waals surface area contributed by atoms with Crippen LogP contribution in [0.3, 0.4) is 0 Å². The second kappa shape index (κ2) is 22.6. The van der Waals surface area contributed by atoms with Crippen LogP contribution in [0.25, 0.3) is 130 Å². The van der Waals surface area contributed by atoms with Crippen LogP contribution < -0.4 is 18.7 Å². The fraction of sp³-hybridized carbons (Fsp3) is 0.125. The number of hydrogen-bond donors (Lipinski definition) is 0. The summed E-state index contributed by atoms with van der Waals surface area (Å²) in [4.78, 5) is 22.5. The molecule has 0 N–H and O–H groups in total. The van der Waals surface area contributed by atoms with E-state index in [2.05, 4.69) is 162 Å². The lowest BCUT2D eigenvalue weighted by Gasteiger charge is -2.08. The van der Waals surface area contributed by atoms with Crippen LogP contribution in [0.2, 0.25) is 0 Å². The highest BCUT2D eigenvalue weighted by Gasteiger charge is 2.37. The van der Waals surface area contributed by atoms with E-state index in [9.17, 15) is 21.0 Å². The number of hydrogen-bond acceptors (Lipinski definition) is 8. The number of aryl methyl sites for hydroxylation is 4. The lowest BCUT2D eigenvalue weighted by atomic mass is 9.97. The Morgan fingerprint density at radius 1 is 0.410 bits per heavy atom. The molecule has 4 aliphatic heterocycles. The number of furan rings is 2. The molecule has 0 spiro atoms. The molecule has 0 saturated carbocycles. The average molecular weight is 1300 g/mol. The van der Waals surface area contributed by atoms with Gasteiger partial charge in [-0.15, -0.1) is 37.5 Å². The van der Waals surface area contributed by atoms with Gasteiger partial charge in [0.05, 0.1) is 111 Å². The van der Waals surface area contributed by atoms with Crippen molar-refractivity contribution in [1.29, 1.82) is 21.0 Å². The molecular weight excluding hydrogens is 1250 g/mol. The van der Waals surface area contributed by atoms with Crippen molar-refractivity contribution in [2.24, 2.45) is 0 Å². The molecule has 20 heteroatoms. The summed E-state index contributed by atoms with van der Waals surface area (Å²) in [5, 5.41) is 45.3. The van der Waals surface area contributed by atoms with Gasteiger partial charge in [0.25, 0.3) is 0 Å². The zero-order valence-corrected chi connectivity index (χ0v) is 53.6. The summed E-state index contributed by atoms with van der Waals surface area (Å²) in [5.41, 5.74) is 25.7. The highest BCUT2D eigenvalue weighted by molar-refractivity contribution is 6.08. The van der Waals surface area contributed by atoms with Crippen molar-refractivity contribution in [3.05, 3.63) is 270 Å². The van der Waals surface area contributed by atoms with Crippen LogP contribution >= 0.6 is 0 Å². The number of benzene rings is 8. The molecule has 100 heavy (non-hydrogen) atoms. The average Bonchev–Trinajstić information content (AvgIpc) is 1.58. The van der Waals surface area contributed by atoms with E-state index in [4.69, 9.17) is 35.1 Å². The smallest absolute Gasteiger partial charge is 0.227 e. The number of pyridine rings is 2. The van der Waals surface area contributed by atoms with Gasteiger partial charge in [-0.05, 0) is 129 Å². The van der Waals surface area contributed by atoms with Gasteiger partial charge in [0.2, 0.25) is 59.0 Å². The summed E-state index contributed by atoms with van der Waals surface area (Å²) < 4.78 is 29.0. The van der Waals surface area contributed by atoms with E-state index in [0.717, 1.165) is 106 Å². The highest BCUT2D eigenvalue weighted by atomic mass is 16.3.